The van der Waals surface area contributed by atoms with Crippen molar-refractivity contribution in [1.82, 2.24) is 0 Å². The number of rotatable bonds is 1. The molecule has 1 nitrogen and oxygen atoms in total. The Balaban J connectivity index is 1.72. The van der Waals surface area contributed by atoms with E-state index in [0.717, 1.165) is 35.4 Å². The molecule has 1 atom stereocenters. The van der Waals surface area contributed by atoms with Crippen molar-refractivity contribution in [3.8, 4) is 11.8 Å². The highest BCUT2D eigenvalue weighted by atomic mass is 19.4. The highest BCUT2D eigenvalue weighted by molar-refractivity contribution is 5.56. The van der Waals surface area contributed by atoms with Gasteiger partial charge in [0.2, 0.25) is 0 Å². The molecule has 0 fully saturated rings. The van der Waals surface area contributed by atoms with Gasteiger partial charge in [-0.3, -0.25) is 0 Å². The van der Waals surface area contributed by atoms with Crippen molar-refractivity contribution >= 4 is 5.69 Å². The van der Waals surface area contributed by atoms with Crippen molar-refractivity contribution in [1.29, 1.82) is 0 Å². The largest absolute Gasteiger partial charge is 0.416 e. The van der Waals surface area contributed by atoms with Crippen LogP contribution in [-0.4, -0.2) is 6.54 Å². The van der Waals surface area contributed by atoms with E-state index in [9.17, 15) is 13.2 Å². The number of halogens is 3. The van der Waals surface area contributed by atoms with E-state index in [0.29, 0.717) is 6.54 Å². The molecular weight excluding hydrogens is 359 g/mol. The molecule has 1 heterocycles. The van der Waals surface area contributed by atoms with E-state index >= 15 is 0 Å². The van der Waals surface area contributed by atoms with Crippen LogP contribution in [0.2, 0.25) is 0 Å². The van der Waals surface area contributed by atoms with Gasteiger partial charge < -0.3 is 4.90 Å². The van der Waals surface area contributed by atoms with Crippen molar-refractivity contribution in [2.75, 3.05) is 11.4 Å². The van der Waals surface area contributed by atoms with Crippen LogP contribution in [0.1, 0.15) is 28.3 Å². The summed E-state index contributed by atoms with van der Waals surface area (Å²) in [4.78, 5) is 2.08. The monoisotopic (exact) mass is 377 g/mol. The second kappa shape index (κ2) is 7.44. The van der Waals surface area contributed by atoms with Crippen molar-refractivity contribution in [3.05, 3.63) is 101 Å². The van der Waals surface area contributed by atoms with Crippen LogP contribution in [0.4, 0.5) is 18.9 Å². The van der Waals surface area contributed by atoms with Crippen LogP contribution in [0.3, 0.4) is 0 Å². The fraction of sp³-hybridized carbons (Fsp3) is 0.167. The number of anilines is 1. The Labute approximate surface area is 162 Å². The maximum absolute atomic E-state index is 12.9. The minimum absolute atomic E-state index is 0.207. The summed E-state index contributed by atoms with van der Waals surface area (Å²) in [5, 5.41) is 0. The molecule has 1 unspecified atom stereocenters. The molecule has 0 saturated carbocycles. The molecule has 1 aliphatic heterocycles. The Bertz CT molecular complexity index is 1010. The molecule has 0 spiro atoms. The molecular formula is C24H18F3N. The van der Waals surface area contributed by atoms with E-state index < -0.39 is 11.7 Å². The Kier molecular flexibility index (Phi) is 4.83. The molecule has 0 radical (unpaired) electrons. The highest BCUT2D eigenvalue weighted by Crippen LogP contribution is 2.35. The minimum Gasteiger partial charge on any atom is -0.353 e. The van der Waals surface area contributed by atoms with Gasteiger partial charge in [-0.2, -0.15) is 13.2 Å². The van der Waals surface area contributed by atoms with Gasteiger partial charge in [-0.05, 0) is 53.9 Å². The van der Waals surface area contributed by atoms with Gasteiger partial charge in [0.15, 0.2) is 0 Å². The molecule has 1 aliphatic rings. The predicted octanol–water partition coefficient (Wildman–Crippen LogP) is 5.86. The third kappa shape index (κ3) is 3.75. The first kappa shape index (κ1) is 18.2. The van der Waals surface area contributed by atoms with Crippen molar-refractivity contribution in [3.63, 3.8) is 0 Å². The zero-order chi connectivity index (χ0) is 19.6. The molecule has 3 aromatic rings. The number of hydrogen-bond donors (Lipinski definition) is 0. The Morgan fingerprint density at radius 2 is 1.50 bits per heavy atom. The lowest BCUT2D eigenvalue weighted by molar-refractivity contribution is -0.137. The quantitative estimate of drug-likeness (QED) is 0.480. The Morgan fingerprint density at radius 1 is 0.821 bits per heavy atom. The maximum Gasteiger partial charge on any atom is 0.416 e. The molecule has 28 heavy (non-hydrogen) atoms. The lowest BCUT2D eigenvalue weighted by Crippen LogP contribution is -2.34. The van der Waals surface area contributed by atoms with Crippen LogP contribution in [0.15, 0.2) is 78.9 Å². The first-order valence-corrected chi connectivity index (χ1v) is 9.11. The number of nitrogens with zero attached hydrogens (tertiary/aromatic N) is 1. The summed E-state index contributed by atoms with van der Waals surface area (Å²) in [6.07, 6.45) is -3.50. The molecule has 0 amide bonds. The summed E-state index contributed by atoms with van der Waals surface area (Å²) in [5.41, 5.74) is 3.36. The van der Waals surface area contributed by atoms with Crippen molar-refractivity contribution in [2.45, 2.75) is 18.6 Å². The second-order valence-corrected chi connectivity index (χ2v) is 6.72. The van der Waals surface area contributed by atoms with E-state index in [1.807, 2.05) is 42.5 Å². The average molecular weight is 377 g/mol. The fourth-order valence-electron chi connectivity index (χ4n) is 3.52. The van der Waals surface area contributed by atoms with Crippen molar-refractivity contribution in [2.24, 2.45) is 0 Å². The summed E-state index contributed by atoms with van der Waals surface area (Å²) in [6.45, 7) is 0.705. The molecule has 0 saturated heterocycles. The lowest BCUT2D eigenvalue weighted by Gasteiger charge is -2.36. The van der Waals surface area contributed by atoms with Crippen LogP contribution in [0.25, 0.3) is 0 Å². The van der Waals surface area contributed by atoms with Crippen LogP contribution in [0.5, 0.6) is 0 Å². The predicted molar refractivity (Wildman–Crippen MR) is 105 cm³/mol. The maximum atomic E-state index is 12.9. The molecule has 3 aromatic carbocycles. The summed E-state index contributed by atoms with van der Waals surface area (Å²) in [6, 6.07) is 23.0. The molecule has 140 valence electrons. The Hall–Kier alpha value is -3.19. The molecule has 0 aromatic heterocycles. The number of alkyl halides is 3. The number of benzene rings is 3. The number of hydrogen-bond acceptors (Lipinski definition) is 1. The van der Waals surface area contributed by atoms with Crippen LogP contribution < -0.4 is 4.90 Å². The minimum atomic E-state index is -4.33. The average Bonchev–Trinajstić information content (AvgIpc) is 2.72. The smallest absolute Gasteiger partial charge is 0.353 e. The standard InChI is InChI=1S/C24H18F3N/c25-24(26,27)20-11-13-21(14-12-20)28-17-16-19-8-4-5-9-22(19)23(28)15-10-18-6-2-1-3-7-18/h1-9,11-14,23H,16-17H2. The van der Waals surface area contributed by atoms with Crippen LogP contribution >= 0.6 is 0 Å². The Morgan fingerprint density at radius 3 is 2.21 bits per heavy atom. The lowest BCUT2D eigenvalue weighted by atomic mass is 9.92. The molecule has 0 bridgehead atoms. The zero-order valence-corrected chi connectivity index (χ0v) is 15.1. The first-order valence-electron chi connectivity index (χ1n) is 9.11. The second-order valence-electron chi connectivity index (χ2n) is 6.72. The normalized spacial score (nSPS) is 16.1. The molecule has 0 aliphatic carbocycles. The van der Waals surface area contributed by atoms with E-state index in [2.05, 4.69) is 28.9 Å². The zero-order valence-electron chi connectivity index (χ0n) is 15.1. The van der Waals surface area contributed by atoms with E-state index in [1.54, 1.807) is 0 Å². The van der Waals surface area contributed by atoms with Gasteiger partial charge in [0, 0.05) is 17.8 Å². The summed E-state index contributed by atoms with van der Waals surface area (Å²) < 4.78 is 38.7. The fourth-order valence-corrected chi connectivity index (χ4v) is 3.52. The van der Waals surface area contributed by atoms with Crippen LogP contribution in [0, 0.1) is 11.8 Å². The van der Waals surface area contributed by atoms with E-state index in [-0.39, 0.29) is 6.04 Å². The van der Waals surface area contributed by atoms with Gasteiger partial charge in [0.05, 0.1) is 5.56 Å². The topological polar surface area (TPSA) is 3.24 Å². The summed E-state index contributed by atoms with van der Waals surface area (Å²) in [5.74, 6) is 6.56. The van der Waals surface area contributed by atoms with Gasteiger partial charge in [-0.25, -0.2) is 0 Å². The molecule has 4 heteroatoms. The molecule has 0 N–H and O–H groups in total. The molecule has 4 rings (SSSR count). The van der Waals surface area contributed by atoms with Gasteiger partial charge in [-0.15, -0.1) is 0 Å². The van der Waals surface area contributed by atoms with Gasteiger partial charge in [0.25, 0.3) is 0 Å². The van der Waals surface area contributed by atoms with Gasteiger partial charge >= 0.3 is 6.18 Å². The van der Waals surface area contributed by atoms with E-state index in [4.69, 9.17) is 0 Å². The number of fused-ring (bicyclic) bond motifs is 1. The van der Waals surface area contributed by atoms with Crippen LogP contribution in [-0.2, 0) is 12.6 Å². The first-order chi connectivity index (χ1) is 13.5. The highest BCUT2D eigenvalue weighted by Gasteiger charge is 2.31. The van der Waals surface area contributed by atoms with Gasteiger partial charge in [0.1, 0.15) is 6.04 Å². The summed E-state index contributed by atoms with van der Waals surface area (Å²) >= 11 is 0. The third-order valence-corrected chi connectivity index (χ3v) is 4.94. The summed E-state index contributed by atoms with van der Waals surface area (Å²) in [7, 11) is 0. The van der Waals surface area contributed by atoms with Crippen molar-refractivity contribution < 1.29 is 13.2 Å². The van der Waals surface area contributed by atoms with E-state index in [1.165, 1.54) is 17.7 Å². The van der Waals surface area contributed by atoms with Gasteiger partial charge in [-0.1, -0.05) is 54.3 Å². The third-order valence-electron chi connectivity index (χ3n) is 4.94. The SMILES string of the molecule is FC(F)(F)c1ccc(N2CCc3ccccc3C2C#Cc2ccccc2)cc1.